The highest BCUT2D eigenvalue weighted by Gasteiger charge is 2.86. The van der Waals surface area contributed by atoms with Crippen molar-refractivity contribution in [2.45, 2.75) is 69.7 Å². The van der Waals surface area contributed by atoms with Crippen LogP contribution in [0.3, 0.4) is 0 Å². The highest BCUT2D eigenvalue weighted by Crippen LogP contribution is 2.81. The maximum absolute atomic E-state index is 14.6. The van der Waals surface area contributed by atoms with Crippen LogP contribution in [-0.4, -0.2) is 93.0 Å². The first-order valence-corrected chi connectivity index (χ1v) is 23.8. The molecule has 6 aliphatic rings. The van der Waals surface area contributed by atoms with Crippen molar-refractivity contribution in [2.75, 3.05) is 27.4 Å². The summed E-state index contributed by atoms with van der Waals surface area (Å²) in [6, 6.07) is 29.1. The van der Waals surface area contributed by atoms with E-state index in [2.05, 4.69) is 75.2 Å². The maximum atomic E-state index is 14.6. The average molecular weight is 899 g/mol. The van der Waals surface area contributed by atoms with E-state index in [4.69, 9.17) is 19.4 Å². The van der Waals surface area contributed by atoms with Gasteiger partial charge in [-0.05, 0) is 94.7 Å². The molecule has 2 unspecified atom stereocenters. The minimum Gasteiger partial charge on any atom is -0.453 e. The van der Waals surface area contributed by atoms with Gasteiger partial charge in [0.15, 0.2) is 0 Å². The number of aromatic amines is 2. The Labute approximate surface area is 387 Å². The number of benzene rings is 5. The maximum Gasteiger partial charge on any atom is 0.407 e. The Morgan fingerprint density at radius 2 is 1.42 bits per heavy atom. The van der Waals surface area contributed by atoms with Gasteiger partial charge in [0.1, 0.15) is 23.7 Å². The van der Waals surface area contributed by atoms with Gasteiger partial charge in [0.25, 0.3) is 0 Å². The first-order valence-electron chi connectivity index (χ1n) is 23.8. The summed E-state index contributed by atoms with van der Waals surface area (Å²) < 4.78 is 10.5. The number of nitrogens with zero attached hydrogens (tertiary/aromatic N) is 4. The summed E-state index contributed by atoms with van der Waals surface area (Å²) in [5.41, 5.74) is 6.46. The predicted octanol–water partition coefficient (Wildman–Crippen LogP) is 8.11. The summed E-state index contributed by atoms with van der Waals surface area (Å²) in [5, 5.41) is 10.1. The van der Waals surface area contributed by atoms with Crippen LogP contribution in [0, 0.1) is 35.5 Å². The molecule has 5 aromatic carbocycles. The number of carbonyl (C=O) groups is 4. The zero-order valence-electron chi connectivity index (χ0n) is 38.0. The molecule has 13 rings (SSSR count). The van der Waals surface area contributed by atoms with Crippen LogP contribution >= 0.6 is 0 Å². The lowest BCUT2D eigenvalue weighted by Gasteiger charge is -2.30. The summed E-state index contributed by atoms with van der Waals surface area (Å²) in [4.78, 5) is 75.6. The number of fused-ring (bicyclic) bond motifs is 7. The molecule has 6 fully saturated rings. The number of hydrogen-bond donors (Lipinski definition) is 4. The molecular weight excluding hydrogens is 845 g/mol. The van der Waals surface area contributed by atoms with Crippen molar-refractivity contribution in [1.82, 2.24) is 40.4 Å². The molecule has 342 valence electrons. The normalized spacial score (nSPS) is 25.0. The van der Waals surface area contributed by atoms with E-state index in [9.17, 15) is 19.2 Å². The van der Waals surface area contributed by atoms with E-state index in [1.165, 1.54) is 7.11 Å². The number of nitrogens with one attached hydrogen (secondary N) is 4. The molecule has 3 aliphatic carbocycles. The molecule has 3 aliphatic heterocycles. The zero-order valence-corrected chi connectivity index (χ0v) is 38.0. The molecule has 0 radical (unpaired) electrons. The molecule has 3 saturated heterocycles. The Morgan fingerprint density at radius 3 is 2.03 bits per heavy atom. The second kappa shape index (κ2) is 15.9. The second-order valence-electron chi connectivity index (χ2n) is 19.6. The van der Waals surface area contributed by atoms with Gasteiger partial charge in [-0.1, -0.05) is 87.0 Å². The smallest absolute Gasteiger partial charge is 0.407 e. The van der Waals surface area contributed by atoms with Crippen molar-refractivity contribution >= 4 is 67.4 Å². The van der Waals surface area contributed by atoms with Gasteiger partial charge in [0.2, 0.25) is 17.7 Å². The predicted molar refractivity (Wildman–Crippen MR) is 253 cm³/mol. The number of piperidine rings is 1. The van der Waals surface area contributed by atoms with Crippen molar-refractivity contribution in [2.24, 2.45) is 35.5 Å². The van der Waals surface area contributed by atoms with Crippen molar-refractivity contribution in [1.29, 1.82) is 0 Å². The van der Waals surface area contributed by atoms with Crippen molar-refractivity contribution in [3.63, 3.8) is 0 Å². The van der Waals surface area contributed by atoms with E-state index in [0.717, 1.165) is 91.2 Å². The summed E-state index contributed by atoms with van der Waals surface area (Å²) in [7, 11) is 3.01. The quantitative estimate of drug-likeness (QED) is 0.0898. The molecule has 10 atom stereocenters. The second-order valence-corrected chi connectivity index (χ2v) is 19.6. The van der Waals surface area contributed by atoms with Crippen LogP contribution in [0.4, 0.5) is 4.79 Å². The number of likely N-dealkylation sites (tertiary alicyclic amines) is 1. The number of carbonyl (C=O) groups excluding carboxylic acids is 4. The number of ether oxygens (including phenoxy) is 2. The molecular formula is C53H54N8O6. The van der Waals surface area contributed by atoms with Crippen LogP contribution in [0.2, 0.25) is 0 Å². The largest absolute Gasteiger partial charge is 0.453 e. The van der Waals surface area contributed by atoms with E-state index >= 15 is 0 Å². The number of amides is 4. The highest BCUT2D eigenvalue weighted by atomic mass is 16.5. The van der Waals surface area contributed by atoms with Gasteiger partial charge in [0, 0.05) is 42.3 Å². The molecule has 7 aromatic rings. The molecule has 2 aromatic heterocycles. The fourth-order valence-electron chi connectivity index (χ4n) is 11.6. The number of aromatic nitrogens is 4. The Morgan fingerprint density at radius 1 is 0.776 bits per heavy atom. The fourth-order valence-corrected chi connectivity index (χ4v) is 11.6. The molecule has 2 bridgehead atoms. The SMILES string of the molecule is CC[C@H](C)[C@H](NC(=O)OC)C(=O)N1[C@H](c2nc3ccc4cc(-c5ccc6c(ccc7nc([C@@H]8C[C@H](COC)CN8C(=O)[C@H](NC(=O)C8CC8)c8ccccc8)[nH]c76)c5)ccc4c3[nH]2)C2C3[C@H]2[C@@H]31. The number of rotatable bonds is 13. The monoisotopic (exact) mass is 898 g/mol. The van der Waals surface area contributed by atoms with E-state index in [0.29, 0.717) is 37.3 Å². The van der Waals surface area contributed by atoms with E-state index < -0.39 is 18.2 Å². The standard InChI is InChI=1S/C53H54N8O6/c1-5-26(2)42(59-53(65)67-4)52(64)61-46-39-40(46)41(39)47(61)49-55-37-20-16-33-23-31(14-18-35(33)45(37)57-49)30-13-17-34-32(22-30)15-19-36-44(34)56-48(54-36)38-21-27(25-66-3)24-60(38)51(63)43(28-9-7-6-8-10-28)58-50(62)29-11-12-29/h6-10,13-20,22-23,26-27,29,38-43,46-47H,5,11-12,21,24-25H2,1-4H3,(H,54,56)(H,55,57)(H,58,62)(H,59,65)/t26-,27-,38-,39+,40?,41?,42-,43+,46-,47-/m0/s1. The van der Waals surface area contributed by atoms with Crippen LogP contribution < -0.4 is 10.6 Å². The lowest BCUT2D eigenvalue weighted by atomic mass is 9.97. The van der Waals surface area contributed by atoms with Crippen molar-refractivity contribution in [3.8, 4) is 11.1 Å². The average Bonchev–Trinajstić information content (AvgIpc) is 4.25. The Bertz CT molecular complexity index is 3130. The summed E-state index contributed by atoms with van der Waals surface area (Å²) >= 11 is 0. The third kappa shape index (κ3) is 6.93. The number of imidazole rings is 2. The summed E-state index contributed by atoms with van der Waals surface area (Å²) in [6.07, 6.45) is 2.53. The minimum atomic E-state index is -0.794. The molecule has 0 spiro atoms. The molecule has 5 heterocycles. The van der Waals surface area contributed by atoms with Crippen LogP contribution in [0.5, 0.6) is 0 Å². The third-order valence-corrected chi connectivity index (χ3v) is 15.6. The number of methoxy groups -OCH3 is 2. The Kier molecular flexibility index (Phi) is 9.89. The van der Waals surface area contributed by atoms with Gasteiger partial charge < -0.3 is 39.9 Å². The summed E-state index contributed by atoms with van der Waals surface area (Å²) in [6.45, 7) is 5.03. The van der Waals surface area contributed by atoms with Crippen LogP contribution in [0.15, 0.2) is 91.0 Å². The topological polar surface area (TPSA) is 175 Å². The van der Waals surface area contributed by atoms with Gasteiger partial charge in [-0.2, -0.15) is 0 Å². The molecule has 14 nitrogen and oxygen atoms in total. The summed E-state index contributed by atoms with van der Waals surface area (Å²) in [5.74, 6) is 2.69. The van der Waals surface area contributed by atoms with Crippen LogP contribution in [0.25, 0.3) is 54.7 Å². The van der Waals surface area contributed by atoms with Crippen LogP contribution in [0.1, 0.15) is 74.9 Å². The van der Waals surface area contributed by atoms with E-state index in [-0.39, 0.29) is 53.6 Å². The lowest BCUT2D eigenvalue weighted by Crippen LogP contribution is -2.52. The van der Waals surface area contributed by atoms with E-state index in [1.54, 1.807) is 7.11 Å². The first-order chi connectivity index (χ1) is 32.6. The van der Waals surface area contributed by atoms with Gasteiger partial charge in [-0.15, -0.1) is 0 Å². The van der Waals surface area contributed by atoms with Gasteiger partial charge in [-0.25, -0.2) is 14.8 Å². The molecule has 3 saturated carbocycles. The third-order valence-electron chi connectivity index (χ3n) is 15.6. The van der Waals surface area contributed by atoms with Crippen molar-refractivity contribution < 1.29 is 28.7 Å². The Balaban J connectivity index is 0.821. The van der Waals surface area contributed by atoms with Gasteiger partial charge >= 0.3 is 6.09 Å². The van der Waals surface area contributed by atoms with Gasteiger partial charge in [0.05, 0.1) is 47.9 Å². The molecule has 67 heavy (non-hydrogen) atoms. The van der Waals surface area contributed by atoms with E-state index in [1.807, 2.05) is 60.0 Å². The van der Waals surface area contributed by atoms with Crippen molar-refractivity contribution in [3.05, 3.63) is 108 Å². The Hall–Kier alpha value is -6.80. The minimum absolute atomic E-state index is 0.0315. The number of hydrogen-bond acceptors (Lipinski definition) is 8. The number of H-pyrrole nitrogens is 2. The fraction of sp³-hybridized carbons (Fsp3) is 0.396. The van der Waals surface area contributed by atoms with Gasteiger partial charge in [-0.3, -0.25) is 14.4 Å². The first kappa shape index (κ1) is 41.6. The lowest BCUT2D eigenvalue weighted by molar-refractivity contribution is -0.138. The molecule has 4 amide bonds. The van der Waals surface area contributed by atoms with Crippen LogP contribution in [-0.2, 0) is 23.9 Å². The zero-order chi connectivity index (χ0) is 45.8. The highest BCUT2D eigenvalue weighted by molar-refractivity contribution is 6.08. The molecule has 4 N–H and O–H groups in total. The molecule has 14 heteroatoms. The number of alkyl carbamates (subject to hydrolysis) is 1.